The summed E-state index contributed by atoms with van der Waals surface area (Å²) in [6, 6.07) is 4.28. The van der Waals surface area contributed by atoms with Crippen molar-refractivity contribution in [1.82, 2.24) is 9.80 Å². The van der Waals surface area contributed by atoms with Crippen LogP contribution in [0.25, 0.3) is 0 Å². The first-order valence-corrected chi connectivity index (χ1v) is 7.81. The summed E-state index contributed by atoms with van der Waals surface area (Å²) in [5.74, 6) is 0. The van der Waals surface area contributed by atoms with Gasteiger partial charge in [0.1, 0.15) is 0 Å². The second kappa shape index (κ2) is 6.67. The minimum Gasteiger partial charge on any atom is -0.297 e. The van der Waals surface area contributed by atoms with Crippen LogP contribution in [-0.2, 0) is 6.54 Å². The lowest BCUT2D eigenvalue weighted by atomic mass is 10.1. The Morgan fingerprint density at radius 3 is 1.95 bits per heavy atom. The van der Waals surface area contributed by atoms with Gasteiger partial charge < -0.3 is 0 Å². The molecule has 0 amide bonds. The molecule has 0 saturated carbocycles. The Balaban J connectivity index is 1.89. The number of hydrogen-bond acceptors (Lipinski definition) is 2. The first kappa shape index (κ1) is 16.8. The van der Waals surface area contributed by atoms with Crippen LogP contribution >= 0.6 is 15.9 Å². The zero-order chi connectivity index (χ0) is 15.6. The summed E-state index contributed by atoms with van der Waals surface area (Å²) in [6.07, 6.45) is -4.10. The first-order valence-electron chi connectivity index (χ1n) is 7.02. The van der Waals surface area contributed by atoms with Crippen LogP contribution in [0.5, 0.6) is 0 Å². The monoisotopic (exact) mass is 364 g/mol. The SMILES string of the molecule is Cc1cc(CN2CCN(CC(F)(F)F)CC2)cc(C)c1Br. The first-order chi connectivity index (χ1) is 9.74. The third-order valence-corrected chi connectivity index (χ3v) is 5.02. The molecular formula is C15H20BrF3N2. The molecule has 0 atom stereocenters. The van der Waals surface area contributed by atoms with E-state index in [9.17, 15) is 13.2 Å². The van der Waals surface area contributed by atoms with Gasteiger partial charge in [-0.2, -0.15) is 13.2 Å². The van der Waals surface area contributed by atoms with Gasteiger partial charge in [0.15, 0.2) is 0 Å². The summed E-state index contributed by atoms with van der Waals surface area (Å²) in [5.41, 5.74) is 3.61. The van der Waals surface area contributed by atoms with Crippen LogP contribution in [0.2, 0.25) is 0 Å². The van der Waals surface area contributed by atoms with Gasteiger partial charge in [-0.15, -0.1) is 0 Å². The van der Waals surface area contributed by atoms with Gasteiger partial charge in [-0.05, 0) is 30.5 Å². The van der Waals surface area contributed by atoms with Crippen molar-refractivity contribution in [1.29, 1.82) is 0 Å². The molecule has 0 radical (unpaired) electrons. The Labute approximate surface area is 132 Å². The zero-order valence-corrected chi connectivity index (χ0v) is 13.9. The summed E-state index contributed by atoms with van der Waals surface area (Å²) in [7, 11) is 0. The maximum atomic E-state index is 12.4. The van der Waals surface area contributed by atoms with Crippen LogP contribution in [0, 0.1) is 13.8 Å². The molecule has 2 rings (SSSR count). The number of hydrogen-bond donors (Lipinski definition) is 0. The molecule has 0 N–H and O–H groups in total. The molecular weight excluding hydrogens is 345 g/mol. The lowest BCUT2D eigenvalue weighted by Gasteiger charge is -2.35. The van der Waals surface area contributed by atoms with Gasteiger partial charge >= 0.3 is 6.18 Å². The third-order valence-electron chi connectivity index (χ3n) is 3.77. The van der Waals surface area contributed by atoms with Crippen LogP contribution in [0.15, 0.2) is 16.6 Å². The van der Waals surface area contributed by atoms with Gasteiger partial charge in [-0.25, -0.2) is 0 Å². The Morgan fingerprint density at radius 1 is 1.00 bits per heavy atom. The van der Waals surface area contributed by atoms with Crippen molar-refractivity contribution in [2.75, 3.05) is 32.7 Å². The summed E-state index contributed by atoms with van der Waals surface area (Å²) in [4.78, 5) is 3.70. The standard InChI is InChI=1S/C15H20BrF3N2/c1-11-7-13(8-12(2)14(11)16)9-20-3-5-21(6-4-20)10-15(17,18)19/h7-8H,3-6,9-10H2,1-2H3. The molecule has 0 unspecified atom stereocenters. The topological polar surface area (TPSA) is 6.48 Å². The van der Waals surface area contributed by atoms with E-state index in [0.717, 1.165) is 11.0 Å². The van der Waals surface area contributed by atoms with Gasteiger partial charge in [0.25, 0.3) is 0 Å². The number of benzene rings is 1. The maximum absolute atomic E-state index is 12.4. The van der Waals surface area contributed by atoms with Gasteiger partial charge in [-0.3, -0.25) is 9.80 Å². The highest BCUT2D eigenvalue weighted by atomic mass is 79.9. The van der Waals surface area contributed by atoms with Crippen molar-refractivity contribution in [2.24, 2.45) is 0 Å². The second-order valence-electron chi connectivity index (χ2n) is 5.71. The van der Waals surface area contributed by atoms with E-state index in [1.807, 2.05) is 0 Å². The third kappa shape index (κ3) is 4.97. The molecule has 21 heavy (non-hydrogen) atoms. The lowest BCUT2D eigenvalue weighted by Crippen LogP contribution is -2.48. The van der Waals surface area contributed by atoms with E-state index in [2.05, 4.69) is 46.8 Å². The van der Waals surface area contributed by atoms with Crippen molar-refractivity contribution >= 4 is 15.9 Å². The van der Waals surface area contributed by atoms with Crippen molar-refractivity contribution in [3.05, 3.63) is 33.3 Å². The quantitative estimate of drug-likeness (QED) is 0.805. The molecule has 6 heteroatoms. The molecule has 1 aliphatic heterocycles. The molecule has 1 fully saturated rings. The van der Waals surface area contributed by atoms with Crippen molar-refractivity contribution in [3.63, 3.8) is 0 Å². The Bertz CT molecular complexity index is 471. The van der Waals surface area contributed by atoms with Gasteiger partial charge in [-0.1, -0.05) is 28.1 Å². The largest absolute Gasteiger partial charge is 0.401 e. The molecule has 1 aliphatic rings. The fourth-order valence-electron chi connectivity index (χ4n) is 2.74. The van der Waals surface area contributed by atoms with Crippen LogP contribution in [0.3, 0.4) is 0 Å². The molecule has 1 aromatic carbocycles. The average molecular weight is 365 g/mol. The van der Waals surface area contributed by atoms with Gasteiger partial charge in [0, 0.05) is 37.2 Å². The van der Waals surface area contributed by atoms with Crippen molar-refractivity contribution in [3.8, 4) is 0 Å². The molecule has 1 heterocycles. The predicted octanol–water partition coefficient (Wildman–Crippen LogP) is 3.75. The summed E-state index contributed by atoms with van der Waals surface area (Å²) < 4.78 is 38.2. The van der Waals surface area contributed by atoms with Crippen LogP contribution < -0.4 is 0 Å². The van der Waals surface area contributed by atoms with Gasteiger partial charge in [0.2, 0.25) is 0 Å². The molecule has 0 spiro atoms. The smallest absolute Gasteiger partial charge is 0.297 e. The molecule has 0 aliphatic carbocycles. The number of alkyl halides is 3. The van der Waals surface area contributed by atoms with E-state index in [1.165, 1.54) is 21.6 Å². The Hall–Kier alpha value is -0.590. The van der Waals surface area contributed by atoms with Crippen molar-refractivity contribution < 1.29 is 13.2 Å². The molecule has 0 bridgehead atoms. The normalized spacial score (nSPS) is 18.2. The van der Waals surface area contributed by atoms with E-state index in [0.29, 0.717) is 26.2 Å². The summed E-state index contributed by atoms with van der Waals surface area (Å²) >= 11 is 3.55. The van der Waals surface area contributed by atoms with E-state index in [4.69, 9.17) is 0 Å². The minimum absolute atomic E-state index is 0.480. The van der Waals surface area contributed by atoms with E-state index in [1.54, 1.807) is 0 Å². The van der Waals surface area contributed by atoms with Crippen LogP contribution in [0.4, 0.5) is 13.2 Å². The zero-order valence-electron chi connectivity index (χ0n) is 12.3. The van der Waals surface area contributed by atoms with E-state index >= 15 is 0 Å². The van der Waals surface area contributed by atoms with E-state index < -0.39 is 12.7 Å². The predicted molar refractivity (Wildman–Crippen MR) is 81.4 cm³/mol. The average Bonchev–Trinajstić information content (AvgIpc) is 2.36. The number of piperazine rings is 1. The number of halogens is 4. The van der Waals surface area contributed by atoms with Crippen molar-refractivity contribution in [2.45, 2.75) is 26.6 Å². The number of nitrogens with zero attached hydrogens (tertiary/aromatic N) is 2. The number of rotatable bonds is 3. The maximum Gasteiger partial charge on any atom is 0.401 e. The highest BCUT2D eigenvalue weighted by molar-refractivity contribution is 9.10. The number of aryl methyl sites for hydroxylation is 2. The highest BCUT2D eigenvalue weighted by Gasteiger charge is 2.32. The molecule has 1 saturated heterocycles. The highest BCUT2D eigenvalue weighted by Crippen LogP contribution is 2.24. The fourth-order valence-corrected chi connectivity index (χ4v) is 2.97. The molecule has 118 valence electrons. The van der Waals surface area contributed by atoms with Crippen LogP contribution in [0.1, 0.15) is 16.7 Å². The van der Waals surface area contributed by atoms with Gasteiger partial charge in [0.05, 0.1) is 6.54 Å². The Morgan fingerprint density at radius 2 is 1.48 bits per heavy atom. The molecule has 1 aromatic rings. The molecule has 2 nitrogen and oxygen atoms in total. The second-order valence-corrected chi connectivity index (χ2v) is 6.50. The van der Waals surface area contributed by atoms with E-state index in [-0.39, 0.29) is 0 Å². The van der Waals surface area contributed by atoms with Crippen LogP contribution in [-0.4, -0.2) is 48.7 Å². The Kier molecular flexibility index (Phi) is 5.33. The fraction of sp³-hybridized carbons (Fsp3) is 0.600. The summed E-state index contributed by atoms with van der Waals surface area (Å²) in [5, 5.41) is 0. The minimum atomic E-state index is -4.10. The lowest BCUT2D eigenvalue weighted by molar-refractivity contribution is -0.149. The summed E-state index contributed by atoms with van der Waals surface area (Å²) in [6.45, 7) is 6.45. The molecule has 0 aromatic heterocycles.